The molecule has 3 aromatic rings. The third-order valence-corrected chi connectivity index (χ3v) is 4.02. The maximum absolute atomic E-state index is 13.2. The van der Waals surface area contributed by atoms with Gasteiger partial charge in [0.05, 0.1) is 10.7 Å². The monoisotopic (exact) mass is 384 g/mol. The van der Waals surface area contributed by atoms with Crippen LogP contribution in [-0.2, 0) is 4.79 Å². The van der Waals surface area contributed by atoms with E-state index < -0.39 is 5.82 Å². The fraction of sp³-hybridized carbons (Fsp3) is 0.0952. The molecule has 0 aliphatic rings. The summed E-state index contributed by atoms with van der Waals surface area (Å²) in [6.07, 6.45) is 0.231. The fourth-order valence-electron chi connectivity index (χ4n) is 2.43. The van der Waals surface area contributed by atoms with Crippen LogP contribution in [-0.4, -0.2) is 12.5 Å². The third kappa shape index (κ3) is 5.46. The molecule has 0 aliphatic heterocycles. The molecular formula is C21H18ClFN2O2. The van der Waals surface area contributed by atoms with Crippen LogP contribution in [0, 0.1) is 5.82 Å². The highest BCUT2D eigenvalue weighted by atomic mass is 35.5. The average Bonchev–Trinajstić information content (AvgIpc) is 2.67. The molecule has 0 spiro atoms. The van der Waals surface area contributed by atoms with Crippen molar-refractivity contribution in [3.8, 4) is 11.5 Å². The first kappa shape index (κ1) is 18.7. The highest BCUT2D eigenvalue weighted by molar-refractivity contribution is 6.31. The first-order valence-electron chi connectivity index (χ1n) is 8.42. The molecule has 4 nitrogen and oxygen atoms in total. The first-order valence-corrected chi connectivity index (χ1v) is 8.80. The number of rotatable bonds is 7. The van der Waals surface area contributed by atoms with Crippen LogP contribution in [0.1, 0.15) is 6.42 Å². The molecule has 0 fully saturated rings. The van der Waals surface area contributed by atoms with Crippen molar-refractivity contribution in [2.24, 2.45) is 0 Å². The molecule has 0 heterocycles. The Kier molecular flexibility index (Phi) is 6.28. The van der Waals surface area contributed by atoms with E-state index in [0.29, 0.717) is 18.0 Å². The largest absolute Gasteiger partial charge is 0.455 e. The van der Waals surface area contributed by atoms with Gasteiger partial charge in [0.1, 0.15) is 11.6 Å². The molecule has 0 bridgehead atoms. The van der Waals surface area contributed by atoms with Gasteiger partial charge in [-0.2, -0.15) is 0 Å². The third-order valence-electron chi connectivity index (χ3n) is 3.73. The Balaban J connectivity index is 1.54. The number of amides is 1. The Bertz CT molecular complexity index is 919. The fourth-order valence-corrected chi connectivity index (χ4v) is 2.61. The Morgan fingerprint density at radius 1 is 1.00 bits per heavy atom. The molecule has 0 saturated carbocycles. The maximum Gasteiger partial charge on any atom is 0.226 e. The number of carbonyl (C=O) groups excluding carboxylic acids is 1. The van der Waals surface area contributed by atoms with Gasteiger partial charge in [0.25, 0.3) is 0 Å². The summed E-state index contributed by atoms with van der Waals surface area (Å²) in [7, 11) is 0. The van der Waals surface area contributed by atoms with E-state index in [9.17, 15) is 9.18 Å². The number of hydrogen-bond acceptors (Lipinski definition) is 3. The van der Waals surface area contributed by atoms with Gasteiger partial charge in [-0.1, -0.05) is 41.9 Å². The average molecular weight is 385 g/mol. The minimum absolute atomic E-state index is 0.0297. The van der Waals surface area contributed by atoms with Crippen molar-refractivity contribution in [2.75, 3.05) is 17.2 Å². The predicted molar refractivity (Wildman–Crippen MR) is 106 cm³/mol. The van der Waals surface area contributed by atoms with Gasteiger partial charge in [-0.15, -0.1) is 0 Å². The molecule has 1 amide bonds. The van der Waals surface area contributed by atoms with Crippen molar-refractivity contribution >= 4 is 28.9 Å². The van der Waals surface area contributed by atoms with Gasteiger partial charge in [-0.05, 0) is 42.5 Å². The van der Waals surface area contributed by atoms with E-state index in [0.717, 1.165) is 11.4 Å². The number of halogens is 2. The van der Waals surface area contributed by atoms with Crippen LogP contribution in [0.3, 0.4) is 0 Å². The Labute approximate surface area is 161 Å². The van der Waals surface area contributed by atoms with E-state index in [4.69, 9.17) is 16.3 Å². The molecular weight excluding hydrogens is 367 g/mol. The van der Waals surface area contributed by atoms with Crippen LogP contribution >= 0.6 is 11.6 Å². The molecule has 138 valence electrons. The van der Waals surface area contributed by atoms with Gasteiger partial charge >= 0.3 is 0 Å². The lowest BCUT2D eigenvalue weighted by atomic mass is 10.2. The molecule has 2 N–H and O–H groups in total. The van der Waals surface area contributed by atoms with Gasteiger partial charge in [-0.25, -0.2) is 4.39 Å². The Hall–Kier alpha value is -3.05. The topological polar surface area (TPSA) is 50.4 Å². The van der Waals surface area contributed by atoms with Crippen LogP contribution in [0.2, 0.25) is 5.02 Å². The van der Waals surface area contributed by atoms with Crippen molar-refractivity contribution in [1.82, 2.24) is 0 Å². The molecule has 0 aliphatic carbocycles. The lowest BCUT2D eigenvalue weighted by molar-refractivity contribution is -0.115. The molecule has 0 atom stereocenters. The number of benzene rings is 3. The molecule has 0 radical (unpaired) electrons. The van der Waals surface area contributed by atoms with Gasteiger partial charge in [0.15, 0.2) is 5.75 Å². The van der Waals surface area contributed by atoms with Crippen molar-refractivity contribution in [2.45, 2.75) is 6.42 Å². The highest BCUT2D eigenvalue weighted by Crippen LogP contribution is 2.29. The van der Waals surface area contributed by atoms with Crippen LogP contribution in [0.5, 0.6) is 11.5 Å². The molecule has 0 saturated heterocycles. The summed E-state index contributed by atoms with van der Waals surface area (Å²) in [5.41, 5.74) is 1.25. The Morgan fingerprint density at radius 3 is 2.52 bits per heavy atom. The molecule has 0 aromatic heterocycles. The smallest absolute Gasteiger partial charge is 0.226 e. The SMILES string of the molecule is O=C(CCNc1ccccc1Oc1ccccc1)Nc1ccc(F)c(Cl)c1. The highest BCUT2D eigenvalue weighted by Gasteiger charge is 2.07. The van der Waals surface area contributed by atoms with Crippen LogP contribution < -0.4 is 15.4 Å². The van der Waals surface area contributed by atoms with Gasteiger partial charge in [-0.3, -0.25) is 4.79 Å². The van der Waals surface area contributed by atoms with E-state index in [2.05, 4.69) is 10.6 Å². The van der Waals surface area contributed by atoms with Crippen molar-refractivity contribution < 1.29 is 13.9 Å². The normalized spacial score (nSPS) is 10.3. The maximum atomic E-state index is 13.2. The Morgan fingerprint density at radius 2 is 1.74 bits per heavy atom. The summed E-state index contributed by atoms with van der Waals surface area (Å²) in [5, 5.41) is 5.86. The summed E-state index contributed by atoms with van der Waals surface area (Å²) in [5.74, 6) is 0.685. The summed E-state index contributed by atoms with van der Waals surface area (Å²) in [4.78, 5) is 12.1. The molecule has 3 aromatic carbocycles. The van der Waals surface area contributed by atoms with Crippen LogP contribution in [0.25, 0.3) is 0 Å². The zero-order valence-electron chi connectivity index (χ0n) is 14.4. The second-order valence-electron chi connectivity index (χ2n) is 5.77. The number of anilines is 2. The molecule has 0 unspecified atom stereocenters. The van der Waals surface area contributed by atoms with E-state index in [1.165, 1.54) is 18.2 Å². The zero-order chi connectivity index (χ0) is 19.1. The van der Waals surface area contributed by atoms with E-state index in [1.807, 2.05) is 54.6 Å². The first-order chi connectivity index (χ1) is 13.1. The lowest BCUT2D eigenvalue weighted by Gasteiger charge is -2.13. The van der Waals surface area contributed by atoms with Crippen molar-refractivity contribution in [3.63, 3.8) is 0 Å². The second kappa shape index (κ2) is 9.05. The minimum atomic E-state index is -0.522. The van der Waals surface area contributed by atoms with E-state index in [1.54, 1.807) is 0 Å². The minimum Gasteiger partial charge on any atom is -0.455 e. The van der Waals surface area contributed by atoms with Gasteiger partial charge in [0.2, 0.25) is 5.91 Å². The predicted octanol–water partition coefficient (Wildman–Crippen LogP) is 5.71. The van der Waals surface area contributed by atoms with E-state index in [-0.39, 0.29) is 17.4 Å². The van der Waals surface area contributed by atoms with Gasteiger partial charge < -0.3 is 15.4 Å². The summed E-state index contributed by atoms with van der Waals surface area (Å²) < 4.78 is 19.0. The van der Waals surface area contributed by atoms with Crippen LogP contribution in [0.4, 0.5) is 15.8 Å². The van der Waals surface area contributed by atoms with E-state index >= 15 is 0 Å². The number of hydrogen-bond donors (Lipinski definition) is 2. The lowest BCUT2D eigenvalue weighted by Crippen LogP contribution is -2.16. The van der Waals surface area contributed by atoms with Gasteiger partial charge in [0, 0.05) is 18.7 Å². The summed E-state index contributed by atoms with van der Waals surface area (Å²) >= 11 is 5.71. The zero-order valence-corrected chi connectivity index (χ0v) is 15.2. The molecule has 3 rings (SSSR count). The molecule has 27 heavy (non-hydrogen) atoms. The number of ether oxygens (including phenoxy) is 1. The number of para-hydroxylation sites is 3. The number of carbonyl (C=O) groups is 1. The standard InChI is InChI=1S/C21H18ClFN2O2/c22-17-14-15(10-11-18(17)23)25-21(26)12-13-24-19-8-4-5-9-20(19)27-16-6-2-1-3-7-16/h1-11,14,24H,12-13H2,(H,25,26). The summed E-state index contributed by atoms with van der Waals surface area (Å²) in [6.45, 7) is 0.413. The van der Waals surface area contributed by atoms with Crippen molar-refractivity contribution in [1.29, 1.82) is 0 Å². The quantitative estimate of drug-likeness (QED) is 0.548. The number of nitrogens with one attached hydrogen (secondary N) is 2. The van der Waals surface area contributed by atoms with Crippen LogP contribution in [0.15, 0.2) is 72.8 Å². The summed E-state index contributed by atoms with van der Waals surface area (Å²) in [6, 6.07) is 21.0. The second-order valence-corrected chi connectivity index (χ2v) is 6.17. The molecule has 6 heteroatoms. The van der Waals surface area contributed by atoms with Crippen molar-refractivity contribution in [3.05, 3.63) is 83.6 Å².